The molecule has 0 saturated heterocycles. The first-order chi connectivity index (χ1) is 29.8. The van der Waals surface area contributed by atoms with Crippen LogP contribution in [0.3, 0.4) is 0 Å². The summed E-state index contributed by atoms with van der Waals surface area (Å²) in [6.07, 6.45) is 50.7. The summed E-state index contributed by atoms with van der Waals surface area (Å²) in [7, 11) is -4.52. The Labute approximate surface area is 378 Å². The molecule has 366 valence electrons. The van der Waals surface area contributed by atoms with Gasteiger partial charge in [0.05, 0.1) is 26.4 Å². The van der Waals surface area contributed by atoms with E-state index in [1.165, 1.54) is 225 Å². The van der Waals surface area contributed by atoms with Crippen molar-refractivity contribution >= 4 is 13.8 Å². The Hall–Kier alpha value is -0.540. The number of carbonyl (C=O) groups is 1. The molecule has 0 bridgehead atoms. The summed E-state index contributed by atoms with van der Waals surface area (Å²) in [5.74, 6) is -0.372. The highest BCUT2D eigenvalue weighted by atomic mass is 31.2. The molecule has 0 aliphatic carbocycles. The summed E-state index contributed by atoms with van der Waals surface area (Å²) in [6.45, 7) is 3.61. The van der Waals surface area contributed by atoms with E-state index in [9.17, 15) is 19.4 Å². The van der Waals surface area contributed by atoms with Crippen molar-refractivity contribution in [2.24, 2.45) is 0 Å². The molecule has 0 radical (unpaired) electrons. The first kappa shape index (κ1) is 60.5. The highest BCUT2D eigenvalue weighted by Crippen LogP contribution is 2.43. The zero-order chi connectivity index (χ0) is 44.6. The van der Waals surface area contributed by atoms with Gasteiger partial charge in [0.15, 0.2) is 0 Å². The van der Waals surface area contributed by atoms with Gasteiger partial charge >= 0.3 is 13.8 Å². The highest BCUT2D eigenvalue weighted by molar-refractivity contribution is 7.47. The van der Waals surface area contributed by atoms with Crippen LogP contribution >= 0.6 is 7.82 Å². The van der Waals surface area contributed by atoms with Gasteiger partial charge in [0, 0.05) is 13.0 Å². The summed E-state index contributed by atoms with van der Waals surface area (Å²) >= 11 is 0. The molecule has 0 aromatic heterocycles. The van der Waals surface area contributed by atoms with Gasteiger partial charge in [-0.15, -0.1) is 0 Å². The van der Waals surface area contributed by atoms with E-state index < -0.39 is 33.2 Å². The van der Waals surface area contributed by atoms with Crippen LogP contribution in [0.15, 0.2) is 0 Å². The third-order valence-electron chi connectivity index (χ3n) is 12.0. The van der Waals surface area contributed by atoms with Gasteiger partial charge in [0.2, 0.25) is 0 Å². The van der Waals surface area contributed by atoms with Gasteiger partial charge < -0.3 is 24.6 Å². The molecule has 1 unspecified atom stereocenters. The molecule has 3 N–H and O–H groups in total. The number of phosphoric acid groups is 1. The van der Waals surface area contributed by atoms with Crippen molar-refractivity contribution in [3.05, 3.63) is 0 Å². The van der Waals surface area contributed by atoms with Crippen LogP contribution in [0.5, 0.6) is 0 Å². The number of aliphatic hydroxyl groups excluding tert-OH is 2. The first-order valence-corrected chi connectivity index (χ1v) is 28.0. The number of unbranched alkanes of at least 4 members (excludes halogenated alkanes) is 38. The van der Waals surface area contributed by atoms with Gasteiger partial charge in [-0.3, -0.25) is 13.8 Å². The molecular weight excluding hydrogens is 788 g/mol. The van der Waals surface area contributed by atoms with Crippen molar-refractivity contribution in [3.63, 3.8) is 0 Å². The molecule has 0 aliphatic rings. The Bertz CT molecular complexity index is 922. The lowest BCUT2D eigenvalue weighted by Gasteiger charge is -2.20. The Morgan fingerprint density at radius 2 is 0.738 bits per heavy atom. The molecule has 61 heavy (non-hydrogen) atoms. The van der Waals surface area contributed by atoms with Crippen molar-refractivity contribution in [2.75, 3.05) is 33.0 Å². The van der Waals surface area contributed by atoms with E-state index in [0.717, 1.165) is 32.1 Å². The van der Waals surface area contributed by atoms with E-state index in [4.69, 9.17) is 23.6 Å². The normalized spacial score (nSPS) is 13.7. The largest absolute Gasteiger partial charge is 0.472 e. The molecule has 0 fully saturated rings. The third-order valence-corrected chi connectivity index (χ3v) is 13.0. The van der Waals surface area contributed by atoms with E-state index in [0.29, 0.717) is 6.61 Å². The van der Waals surface area contributed by atoms with Crippen LogP contribution in [-0.4, -0.2) is 66.3 Å². The van der Waals surface area contributed by atoms with Crippen LogP contribution in [0.25, 0.3) is 0 Å². The fraction of sp³-hybridized carbons (Fsp3) is 0.980. The van der Waals surface area contributed by atoms with E-state index in [2.05, 4.69) is 13.8 Å². The molecule has 0 rings (SSSR count). The van der Waals surface area contributed by atoms with Crippen LogP contribution in [0, 0.1) is 0 Å². The van der Waals surface area contributed by atoms with Crippen molar-refractivity contribution < 1.29 is 43.0 Å². The number of carbonyl (C=O) groups excluding carboxylic acids is 1. The van der Waals surface area contributed by atoms with E-state index in [1.807, 2.05) is 0 Å². The van der Waals surface area contributed by atoms with Crippen molar-refractivity contribution in [1.82, 2.24) is 0 Å². The number of rotatable bonds is 52. The Balaban J connectivity index is 3.99. The molecule has 0 saturated carbocycles. The molecule has 0 aliphatic heterocycles. The summed E-state index contributed by atoms with van der Waals surface area (Å²) in [5.41, 5.74) is 0. The van der Waals surface area contributed by atoms with Gasteiger partial charge in [-0.2, -0.15) is 0 Å². The standard InChI is InChI=1S/C51H103O9P/c1-3-5-7-9-11-13-15-17-19-21-23-24-25-26-27-29-31-33-35-37-39-41-43-51(54)60-50(48-59-61(55,56)58-46-49(53)45-52)47-57-44-42-40-38-36-34-32-30-28-22-20-18-16-14-12-10-8-6-4-2/h49-50,52-53H,3-48H2,1-2H3,(H,55,56)/t49-,50+/m0/s1. The topological polar surface area (TPSA) is 132 Å². The maximum absolute atomic E-state index is 12.7. The van der Waals surface area contributed by atoms with Gasteiger partial charge in [0.25, 0.3) is 0 Å². The molecule has 3 atom stereocenters. The Morgan fingerprint density at radius 1 is 0.443 bits per heavy atom. The summed E-state index contributed by atoms with van der Waals surface area (Å²) in [4.78, 5) is 22.7. The lowest BCUT2D eigenvalue weighted by atomic mass is 10.0. The number of phosphoric ester groups is 1. The van der Waals surface area contributed by atoms with Crippen LogP contribution in [-0.2, 0) is 27.9 Å². The lowest BCUT2D eigenvalue weighted by molar-refractivity contribution is -0.154. The minimum Gasteiger partial charge on any atom is -0.457 e. The SMILES string of the molecule is CCCCCCCCCCCCCCCCCCCCCCCCC(=O)O[C@H](COCCCCCCCCCCCCCCCCCCCC)COP(=O)(O)OC[C@@H](O)CO. The molecule has 0 amide bonds. The van der Waals surface area contributed by atoms with Crippen LogP contribution in [0.4, 0.5) is 0 Å². The molecule has 10 heteroatoms. The van der Waals surface area contributed by atoms with Gasteiger partial charge in [0.1, 0.15) is 12.2 Å². The van der Waals surface area contributed by atoms with Crippen LogP contribution in [0.1, 0.15) is 277 Å². The zero-order valence-electron chi connectivity index (χ0n) is 40.4. The molecule has 0 heterocycles. The molecule has 0 spiro atoms. The lowest BCUT2D eigenvalue weighted by Crippen LogP contribution is -2.29. The van der Waals surface area contributed by atoms with Gasteiger partial charge in [-0.25, -0.2) is 4.57 Å². The number of aliphatic hydroxyl groups is 2. The summed E-state index contributed by atoms with van der Waals surface area (Å²) in [5, 5.41) is 18.4. The highest BCUT2D eigenvalue weighted by Gasteiger charge is 2.26. The number of hydrogen-bond donors (Lipinski definition) is 3. The molecular formula is C51H103O9P. The quantitative estimate of drug-likeness (QED) is 0.0310. The second-order valence-corrected chi connectivity index (χ2v) is 19.7. The number of hydrogen-bond acceptors (Lipinski definition) is 8. The molecule has 0 aromatic carbocycles. The smallest absolute Gasteiger partial charge is 0.457 e. The van der Waals surface area contributed by atoms with Crippen molar-refractivity contribution in [2.45, 2.75) is 289 Å². The fourth-order valence-electron chi connectivity index (χ4n) is 8.01. The van der Waals surface area contributed by atoms with E-state index in [-0.39, 0.29) is 25.6 Å². The average Bonchev–Trinajstić information content (AvgIpc) is 3.25. The predicted octanol–water partition coefficient (Wildman–Crippen LogP) is 15.4. The maximum Gasteiger partial charge on any atom is 0.472 e. The van der Waals surface area contributed by atoms with E-state index >= 15 is 0 Å². The van der Waals surface area contributed by atoms with Crippen molar-refractivity contribution in [3.8, 4) is 0 Å². The molecule has 9 nitrogen and oxygen atoms in total. The summed E-state index contributed by atoms with van der Waals surface area (Å²) in [6, 6.07) is 0. The second-order valence-electron chi connectivity index (χ2n) is 18.3. The van der Waals surface area contributed by atoms with Crippen LogP contribution in [0.2, 0.25) is 0 Å². The van der Waals surface area contributed by atoms with Gasteiger partial charge in [-0.1, -0.05) is 258 Å². The van der Waals surface area contributed by atoms with Gasteiger partial charge in [-0.05, 0) is 12.8 Å². The van der Waals surface area contributed by atoms with Crippen LogP contribution < -0.4 is 0 Å². The second kappa shape index (κ2) is 48.9. The number of ether oxygens (including phenoxy) is 2. The third kappa shape index (κ3) is 48.7. The van der Waals surface area contributed by atoms with E-state index in [1.54, 1.807) is 0 Å². The predicted molar refractivity (Wildman–Crippen MR) is 256 cm³/mol. The minimum atomic E-state index is -4.52. The monoisotopic (exact) mass is 891 g/mol. The molecule has 0 aromatic rings. The number of esters is 1. The Morgan fingerprint density at radius 3 is 1.07 bits per heavy atom. The minimum absolute atomic E-state index is 0.0589. The average molecular weight is 891 g/mol. The Kier molecular flexibility index (Phi) is 48.5. The summed E-state index contributed by atoms with van der Waals surface area (Å²) < 4.78 is 33.6. The zero-order valence-corrected chi connectivity index (χ0v) is 41.3. The first-order valence-electron chi connectivity index (χ1n) is 26.5. The fourth-order valence-corrected chi connectivity index (χ4v) is 8.80. The van der Waals surface area contributed by atoms with Crippen molar-refractivity contribution in [1.29, 1.82) is 0 Å². The maximum atomic E-state index is 12.7.